The summed E-state index contributed by atoms with van der Waals surface area (Å²) in [5.41, 5.74) is 5.24. The molecular formula is C13H17F2N3O. The zero-order valence-corrected chi connectivity index (χ0v) is 10.5. The maximum Gasteiger partial charge on any atom is 0.319 e. The Morgan fingerprint density at radius 3 is 2.58 bits per heavy atom. The molecule has 0 radical (unpaired) electrons. The summed E-state index contributed by atoms with van der Waals surface area (Å²) in [5.74, 6) is -1.49. The molecule has 6 heteroatoms. The number of nitrogens with one attached hydrogen (secondary N) is 2. The molecule has 1 aromatic carbocycles. The number of nitrogens with two attached hydrogens (primary N) is 1. The number of hydrogen-bond donors (Lipinski definition) is 3. The molecule has 0 unspecified atom stereocenters. The molecule has 0 atom stereocenters. The van der Waals surface area contributed by atoms with E-state index in [0.29, 0.717) is 6.54 Å². The molecule has 1 saturated carbocycles. The molecule has 1 aliphatic rings. The minimum atomic E-state index is -0.802. The van der Waals surface area contributed by atoms with Crippen molar-refractivity contribution in [2.75, 3.05) is 11.9 Å². The molecule has 0 spiro atoms. The van der Waals surface area contributed by atoms with Crippen molar-refractivity contribution in [3.63, 3.8) is 0 Å². The van der Waals surface area contributed by atoms with Gasteiger partial charge in [0.1, 0.15) is 11.6 Å². The molecule has 4 N–H and O–H groups in total. The van der Waals surface area contributed by atoms with Crippen molar-refractivity contribution in [2.45, 2.75) is 31.2 Å². The van der Waals surface area contributed by atoms with Gasteiger partial charge in [-0.15, -0.1) is 0 Å². The highest BCUT2D eigenvalue weighted by Crippen LogP contribution is 2.28. The lowest BCUT2D eigenvalue weighted by Gasteiger charge is -2.28. The zero-order chi connectivity index (χ0) is 13.9. The van der Waals surface area contributed by atoms with Gasteiger partial charge in [-0.25, -0.2) is 13.6 Å². The van der Waals surface area contributed by atoms with Gasteiger partial charge in [0.25, 0.3) is 0 Å². The summed E-state index contributed by atoms with van der Waals surface area (Å²) in [6, 6.07) is 2.49. The van der Waals surface area contributed by atoms with Crippen LogP contribution in [0.5, 0.6) is 0 Å². The van der Waals surface area contributed by atoms with Gasteiger partial charge < -0.3 is 16.4 Å². The van der Waals surface area contributed by atoms with E-state index < -0.39 is 23.2 Å². The Morgan fingerprint density at radius 1 is 1.32 bits per heavy atom. The standard InChI is InChI=1S/C13H17F2N3O/c14-9-3-4-11(10(15)7-9)17-12(19)18-13(8-16)5-1-2-6-13/h3-4,7H,1-2,5-6,8,16H2,(H2,17,18,19). The first-order valence-corrected chi connectivity index (χ1v) is 6.29. The number of rotatable bonds is 3. The van der Waals surface area contributed by atoms with Crippen LogP contribution in [0.1, 0.15) is 25.7 Å². The largest absolute Gasteiger partial charge is 0.331 e. The first-order chi connectivity index (χ1) is 9.04. The lowest BCUT2D eigenvalue weighted by Crippen LogP contribution is -2.53. The van der Waals surface area contributed by atoms with Gasteiger partial charge in [0, 0.05) is 12.6 Å². The SMILES string of the molecule is NCC1(NC(=O)Nc2ccc(F)cc2F)CCCC1. The Balaban J connectivity index is 2.01. The molecule has 1 aliphatic carbocycles. The second kappa shape index (κ2) is 5.52. The van der Waals surface area contributed by atoms with E-state index in [1.807, 2.05) is 0 Å². The lowest BCUT2D eigenvalue weighted by molar-refractivity contribution is 0.237. The number of carbonyl (C=O) groups excluding carboxylic acids is 1. The van der Waals surface area contributed by atoms with Crippen LogP contribution in [-0.4, -0.2) is 18.1 Å². The minimum Gasteiger partial charge on any atom is -0.331 e. The average Bonchev–Trinajstić information content (AvgIpc) is 2.82. The Labute approximate surface area is 110 Å². The second-order valence-electron chi connectivity index (χ2n) is 4.89. The maximum absolute atomic E-state index is 13.4. The van der Waals surface area contributed by atoms with Crippen LogP contribution in [0.2, 0.25) is 0 Å². The van der Waals surface area contributed by atoms with Crippen molar-refractivity contribution in [1.82, 2.24) is 5.32 Å². The molecule has 4 nitrogen and oxygen atoms in total. The smallest absolute Gasteiger partial charge is 0.319 e. The topological polar surface area (TPSA) is 67.1 Å². The fourth-order valence-electron chi connectivity index (χ4n) is 2.42. The Bertz CT molecular complexity index is 473. The molecule has 104 valence electrons. The highest BCUT2D eigenvalue weighted by Gasteiger charge is 2.33. The normalized spacial score (nSPS) is 17.2. The number of hydrogen-bond acceptors (Lipinski definition) is 2. The molecule has 0 saturated heterocycles. The fraction of sp³-hybridized carbons (Fsp3) is 0.462. The van der Waals surface area contributed by atoms with Crippen molar-refractivity contribution in [2.24, 2.45) is 5.73 Å². The summed E-state index contributed by atoms with van der Waals surface area (Å²) in [5, 5.41) is 5.17. The van der Waals surface area contributed by atoms with E-state index in [1.165, 1.54) is 6.07 Å². The zero-order valence-electron chi connectivity index (χ0n) is 10.5. The molecular weight excluding hydrogens is 252 g/mol. The van der Waals surface area contributed by atoms with Crippen molar-refractivity contribution < 1.29 is 13.6 Å². The van der Waals surface area contributed by atoms with Gasteiger partial charge >= 0.3 is 6.03 Å². The number of halogens is 2. The molecule has 0 aromatic heterocycles. The van der Waals surface area contributed by atoms with Gasteiger partial charge in [-0.3, -0.25) is 0 Å². The molecule has 1 aromatic rings. The third-order valence-corrected chi connectivity index (χ3v) is 3.51. The number of benzene rings is 1. The van der Waals surface area contributed by atoms with Crippen molar-refractivity contribution >= 4 is 11.7 Å². The molecule has 19 heavy (non-hydrogen) atoms. The predicted octanol–water partition coefficient (Wildman–Crippen LogP) is 2.36. The van der Waals surface area contributed by atoms with Crippen LogP contribution in [-0.2, 0) is 0 Å². The van der Waals surface area contributed by atoms with Crippen molar-refractivity contribution in [3.8, 4) is 0 Å². The van der Waals surface area contributed by atoms with E-state index in [1.54, 1.807) is 0 Å². The lowest BCUT2D eigenvalue weighted by atomic mass is 9.98. The molecule has 0 heterocycles. The number of amides is 2. The number of urea groups is 1. The first-order valence-electron chi connectivity index (χ1n) is 6.29. The van der Waals surface area contributed by atoms with Crippen LogP contribution in [0.4, 0.5) is 19.3 Å². The van der Waals surface area contributed by atoms with Gasteiger partial charge in [-0.2, -0.15) is 0 Å². The quantitative estimate of drug-likeness (QED) is 0.788. The van der Waals surface area contributed by atoms with E-state index >= 15 is 0 Å². The first kappa shape index (κ1) is 13.7. The highest BCUT2D eigenvalue weighted by atomic mass is 19.1. The van der Waals surface area contributed by atoms with E-state index in [2.05, 4.69) is 10.6 Å². The second-order valence-corrected chi connectivity index (χ2v) is 4.89. The minimum absolute atomic E-state index is 0.0518. The third-order valence-electron chi connectivity index (χ3n) is 3.51. The predicted molar refractivity (Wildman–Crippen MR) is 68.8 cm³/mol. The van der Waals surface area contributed by atoms with Crippen LogP contribution in [0.3, 0.4) is 0 Å². The van der Waals surface area contributed by atoms with E-state index in [9.17, 15) is 13.6 Å². The van der Waals surface area contributed by atoms with Gasteiger partial charge in [0.15, 0.2) is 0 Å². The van der Waals surface area contributed by atoms with Crippen LogP contribution < -0.4 is 16.4 Å². The monoisotopic (exact) mass is 269 g/mol. The van der Waals surface area contributed by atoms with Gasteiger partial charge in [-0.1, -0.05) is 12.8 Å². The van der Waals surface area contributed by atoms with Gasteiger partial charge in [0.2, 0.25) is 0 Å². The summed E-state index contributed by atoms with van der Waals surface area (Å²) in [4.78, 5) is 11.8. The maximum atomic E-state index is 13.4. The number of anilines is 1. The van der Waals surface area contributed by atoms with Crippen LogP contribution in [0.15, 0.2) is 18.2 Å². The molecule has 0 bridgehead atoms. The highest BCUT2D eigenvalue weighted by molar-refractivity contribution is 5.89. The summed E-state index contributed by atoms with van der Waals surface area (Å²) in [6.07, 6.45) is 3.68. The fourth-order valence-corrected chi connectivity index (χ4v) is 2.42. The molecule has 1 fully saturated rings. The third kappa shape index (κ3) is 3.20. The summed E-state index contributed by atoms with van der Waals surface area (Å²) >= 11 is 0. The van der Waals surface area contributed by atoms with Crippen molar-refractivity contribution in [1.29, 1.82) is 0 Å². The summed E-state index contributed by atoms with van der Waals surface area (Å²) < 4.78 is 26.1. The molecule has 2 amide bonds. The van der Waals surface area contributed by atoms with Crippen LogP contribution in [0.25, 0.3) is 0 Å². The summed E-state index contributed by atoms with van der Waals surface area (Å²) in [6.45, 7) is 0.353. The molecule has 2 rings (SSSR count). The van der Waals surface area contributed by atoms with E-state index in [0.717, 1.165) is 37.8 Å². The Kier molecular flexibility index (Phi) is 3.99. The van der Waals surface area contributed by atoms with E-state index in [-0.39, 0.29) is 5.69 Å². The van der Waals surface area contributed by atoms with Crippen molar-refractivity contribution in [3.05, 3.63) is 29.8 Å². The Hall–Kier alpha value is -1.69. The van der Waals surface area contributed by atoms with Crippen LogP contribution in [0, 0.1) is 11.6 Å². The summed E-state index contributed by atoms with van der Waals surface area (Å²) in [7, 11) is 0. The van der Waals surface area contributed by atoms with Gasteiger partial charge in [-0.05, 0) is 25.0 Å². The van der Waals surface area contributed by atoms with Gasteiger partial charge in [0.05, 0.1) is 11.2 Å². The van der Waals surface area contributed by atoms with Crippen LogP contribution >= 0.6 is 0 Å². The average molecular weight is 269 g/mol. The molecule has 0 aliphatic heterocycles. The Morgan fingerprint density at radius 2 is 2.00 bits per heavy atom. The number of carbonyl (C=O) groups is 1. The van der Waals surface area contributed by atoms with E-state index in [4.69, 9.17) is 5.73 Å².